The van der Waals surface area contributed by atoms with E-state index in [1.165, 1.54) is 6.92 Å². The van der Waals surface area contributed by atoms with E-state index >= 15 is 0 Å². The molecule has 0 bridgehead atoms. The van der Waals surface area contributed by atoms with Crippen LogP contribution in [0.15, 0.2) is 36.7 Å². The molecule has 0 saturated heterocycles. The number of aryl methyl sites for hydroxylation is 1. The highest BCUT2D eigenvalue weighted by Gasteiger charge is 2.12. The Morgan fingerprint density at radius 1 is 1.05 bits per heavy atom. The minimum Gasteiger partial charge on any atom is -0.393 e. The van der Waals surface area contributed by atoms with Gasteiger partial charge in [0.1, 0.15) is 12.2 Å². The van der Waals surface area contributed by atoms with Crippen LogP contribution < -0.4 is 0 Å². The number of aromatic nitrogens is 1. The Hall–Kier alpha value is -2.43. The Kier molecular flexibility index (Phi) is 4.30. The van der Waals surface area contributed by atoms with Crippen LogP contribution >= 0.6 is 0 Å². The molecule has 2 aromatic rings. The number of carbonyl (C=O) groups excluding carboxylic acids is 3. The smallest absolute Gasteiger partial charge is 0.320 e. The van der Waals surface area contributed by atoms with Crippen LogP contribution in [-0.4, -0.2) is 22.3 Å². The molecule has 0 aliphatic rings. The first-order chi connectivity index (χ1) is 9.54. The maximum absolute atomic E-state index is 11.5. The van der Waals surface area contributed by atoms with E-state index in [2.05, 4.69) is 4.74 Å². The number of Topliss-reactive ketones (excluding diaryl/α,β-unsaturated/α-hetero) is 1. The van der Waals surface area contributed by atoms with Crippen molar-refractivity contribution in [3.05, 3.63) is 36.7 Å². The van der Waals surface area contributed by atoms with Crippen molar-refractivity contribution >= 4 is 28.5 Å². The summed E-state index contributed by atoms with van der Waals surface area (Å²) in [6, 6.07) is 7.86. The van der Waals surface area contributed by atoms with E-state index in [0.717, 1.165) is 10.8 Å². The van der Waals surface area contributed by atoms with E-state index in [9.17, 15) is 14.4 Å². The van der Waals surface area contributed by atoms with Crippen LogP contribution in [0.1, 0.15) is 19.8 Å². The monoisotopic (exact) mass is 273 g/mol. The third-order valence-corrected chi connectivity index (χ3v) is 2.80. The van der Waals surface area contributed by atoms with Gasteiger partial charge in [-0.15, -0.1) is 0 Å². The summed E-state index contributed by atoms with van der Waals surface area (Å²) in [5.74, 6) is -1.73. The van der Waals surface area contributed by atoms with Gasteiger partial charge >= 0.3 is 11.9 Å². The first-order valence-electron chi connectivity index (χ1n) is 6.32. The lowest BCUT2D eigenvalue weighted by Gasteiger charge is -2.03. The number of hydrogen-bond donors (Lipinski definition) is 0. The maximum atomic E-state index is 11.5. The molecule has 5 nitrogen and oxygen atoms in total. The fraction of sp³-hybridized carbons (Fsp3) is 0.267. The highest BCUT2D eigenvalue weighted by atomic mass is 16.6. The standard InChI is InChI=1S/C15H15NO4/c1-11(17)8-15(19)20-14(18)6-7-16-9-12-4-2-3-5-13(12)10-16/h2-5,9-10H,6-8H2,1H3. The summed E-state index contributed by atoms with van der Waals surface area (Å²) in [5, 5.41) is 2.18. The van der Waals surface area contributed by atoms with Crippen molar-refractivity contribution in [1.29, 1.82) is 0 Å². The molecule has 0 amide bonds. The summed E-state index contributed by atoms with van der Waals surface area (Å²) in [6.45, 7) is 1.71. The van der Waals surface area contributed by atoms with Gasteiger partial charge in [0.25, 0.3) is 0 Å². The van der Waals surface area contributed by atoms with Crippen molar-refractivity contribution in [3.8, 4) is 0 Å². The molecule has 5 heteroatoms. The van der Waals surface area contributed by atoms with E-state index in [1.807, 2.05) is 41.2 Å². The summed E-state index contributed by atoms with van der Waals surface area (Å²) in [6.07, 6.45) is 3.59. The first kappa shape index (κ1) is 14.0. The predicted molar refractivity (Wildman–Crippen MR) is 73.0 cm³/mol. The lowest BCUT2D eigenvalue weighted by molar-refractivity contribution is -0.160. The van der Waals surface area contributed by atoms with E-state index in [-0.39, 0.29) is 18.6 Å². The third kappa shape index (κ3) is 3.78. The van der Waals surface area contributed by atoms with Gasteiger partial charge in [-0.3, -0.25) is 14.4 Å². The zero-order chi connectivity index (χ0) is 14.5. The number of carbonyl (C=O) groups is 3. The number of ether oxygens (including phenoxy) is 1. The summed E-state index contributed by atoms with van der Waals surface area (Å²) >= 11 is 0. The van der Waals surface area contributed by atoms with Gasteiger partial charge in [0, 0.05) is 18.9 Å². The molecule has 1 heterocycles. The normalized spacial score (nSPS) is 10.4. The van der Waals surface area contributed by atoms with Gasteiger partial charge in [0.2, 0.25) is 0 Å². The van der Waals surface area contributed by atoms with Gasteiger partial charge in [-0.25, -0.2) is 0 Å². The lowest BCUT2D eigenvalue weighted by Crippen LogP contribution is -2.16. The number of rotatable bonds is 5. The number of nitrogens with zero attached hydrogens (tertiary/aromatic N) is 1. The number of ketones is 1. The number of benzene rings is 1. The first-order valence-corrected chi connectivity index (χ1v) is 6.32. The quantitative estimate of drug-likeness (QED) is 0.618. The molecule has 0 atom stereocenters. The summed E-state index contributed by atoms with van der Waals surface area (Å²) in [7, 11) is 0. The van der Waals surface area contributed by atoms with Crippen LogP contribution in [0.25, 0.3) is 10.8 Å². The molecule has 0 N–H and O–H groups in total. The summed E-state index contributed by atoms with van der Waals surface area (Å²) < 4.78 is 6.42. The molecule has 0 radical (unpaired) electrons. The van der Waals surface area contributed by atoms with Gasteiger partial charge < -0.3 is 9.30 Å². The highest BCUT2D eigenvalue weighted by molar-refractivity contribution is 5.98. The zero-order valence-electron chi connectivity index (χ0n) is 11.2. The van der Waals surface area contributed by atoms with E-state index in [4.69, 9.17) is 0 Å². The second kappa shape index (κ2) is 6.14. The Bertz CT molecular complexity index is 624. The second-order valence-electron chi connectivity index (χ2n) is 4.60. The van der Waals surface area contributed by atoms with Gasteiger partial charge in [-0.05, 0) is 17.7 Å². The molecule has 0 unspecified atom stereocenters. The maximum Gasteiger partial charge on any atom is 0.320 e. The topological polar surface area (TPSA) is 65.4 Å². The van der Waals surface area contributed by atoms with Gasteiger partial charge in [-0.1, -0.05) is 24.3 Å². The van der Waals surface area contributed by atoms with E-state index < -0.39 is 11.9 Å². The number of fused-ring (bicyclic) bond motifs is 1. The zero-order valence-corrected chi connectivity index (χ0v) is 11.2. The number of hydrogen-bond acceptors (Lipinski definition) is 4. The fourth-order valence-electron chi connectivity index (χ4n) is 1.91. The van der Waals surface area contributed by atoms with Crippen LogP contribution in [0, 0.1) is 0 Å². The van der Waals surface area contributed by atoms with Gasteiger partial charge in [0.15, 0.2) is 0 Å². The van der Waals surface area contributed by atoms with Crippen LogP contribution in [0.4, 0.5) is 0 Å². The van der Waals surface area contributed by atoms with Crippen LogP contribution in [0.2, 0.25) is 0 Å². The molecule has 104 valence electrons. The molecule has 0 aliphatic carbocycles. The van der Waals surface area contributed by atoms with Crippen LogP contribution in [0.3, 0.4) is 0 Å². The molecule has 0 saturated carbocycles. The summed E-state index contributed by atoms with van der Waals surface area (Å²) in [5.41, 5.74) is 0. The minimum absolute atomic E-state index is 0.0879. The lowest BCUT2D eigenvalue weighted by atomic mass is 10.2. The largest absolute Gasteiger partial charge is 0.393 e. The van der Waals surface area contributed by atoms with Gasteiger partial charge in [0.05, 0.1) is 6.42 Å². The van der Waals surface area contributed by atoms with Crippen molar-refractivity contribution in [2.45, 2.75) is 26.3 Å². The van der Waals surface area contributed by atoms with Gasteiger partial charge in [-0.2, -0.15) is 0 Å². The van der Waals surface area contributed by atoms with Crippen LogP contribution in [-0.2, 0) is 25.7 Å². The Morgan fingerprint density at radius 2 is 1.65 bits per heavy atom. The van der Waals surface area contributed by atoms with E-state index in [0.29, 0.717) is 6.54 Å². The molecule has 0 fully saturated rings. The Morgan fingerprint density at radius 3 is 2.20 bits per heavy atom. The Balaban J connectivity index is 1.87. The molecule has 20 heavy (non-hydrogen) atoms. The predicted octanol–water partition coefficient (Wildman–Crippen LogP) is 2.08. The average molecular weight is 273 g/mol. The number of esters is 2. The molecule has 1 aromatic carbocycles. The SMILES string of the molecule is CC(=O)CC(=O)OC(=O)CCn1cc2ccccc2c1. The highest BCUT2D eigenvalue weighted by Crippen LogP contribution is 2.14. The summed E-state index contributed by atoms with van der Waals surface area (Å²) in [4.78, 5) is 33.3. The van der Waals surface area contributed by atoms with Crippen molar-refractivity contribution < 1.29 is 19.1 Å². The van der Waals surface area contributed by atoms with Crippen molar-refractivity contribution in [2.75, 3.05) is 0 Å². The second-order valence-corrected chi connectivity index (χ2v) is 4.60. The molecule has 0 spiro atoms. The molecule has 2 rings (SSSR count). The van der Waals surface area contributed by atoms with Crippen LogP contribution in [0.5, 0.6) is 0 Å². The molecule has 1 aromatic heterocycles. The van der Waals surface area contributed by atoms with E-state index in [1.54, 1.807) is 0 Å². The third-order valence-electron chi connectivity index (χ3n) is 2.80. The fourth-order valence-corrected chi connectivity index (χ4v) is 1.91. The van der Waals surface area contributed by atoms with Crippen molar-refractivity contribution in [1.82, 2.24) is 4.57 Å². The molecule has 0 aliphatic heterocycles. The average Bonchev–Trinajstić information content (AvgIpc) is 2.77. The van der Waals surface area contributed by atoms with Crippen molar-refractivity contribution in [3.63, 3.8) is 0 Å². The van der Waals surface area contributed by atoms with Crippen molar-refractivity contribution in [2.24, 2.45) is 0 Å². The Labute approximate surface area is 116 Å². The minimum atomic E-state index is -0.792. The molecular weight excluding hydrogens is 258 g/mol. The molecular formula is C15H15NO4.